The van der Waals surface area contributed by atoms with Gasteiger partial charge in [-0.15, -0.1) is 0 Å². The third-order valence-electron chi connectivity index (χ3n) is 3.89. The zero-order valence-corrected chi connectivity index (χ0v) is 15.9. The third-order valence-corrected chi connectivity index (χ3v) is 4.73. The molecule has 0 aliphatic rings. The van der Waals surface area contributed by atoms with Crippen molar-refractivity contribution < 1.29 is 14.3 Å². The number of aryl methyl sites for hydroxylation is 1. The highest BCUT2D eigenvalue weighted by atomic mass is 35.5. The van der Waals surface area contributed by atoms with Crippen LogP contribution in [0.5, 0.6) is 0 Å². The average Bonchev–Trinajstić information content (AvgIpc) is 2.97. The van der Waals surface area contributed by atoms with Gasteiger partial charge in [0.15, 0.2) is 17.0 Å². The molecular weight excluding hydrogens is 374 g/mol. The standard InChI is InChI=1S/C18H16ClN3O3S/c1-9-14(11-6-4-5-7-13(11)21-9)16(23)10(2)25-17(24)15-12(19)8-20-18(22-15)26-3/h4-8,10,21H,1-3H3/t10-/m1/s1. The van der Waals surface area contributed by atoms with Crippen LogP contribution in [0.3, 0.4) is 0 Å². The monoisotopic (exact) mass is 389 g/mol. The summed E-state index contributed by atoms with van der Waals surface area (Å²) in [6, 6.07) is 7.48. The van der Waals surface area contributed by atoms with Crippen LogP contribution in [0.4, 0.5) is 0 Å². The molecule has 0 spiro atoms. The summed E-state index contributed by atoms with van der Waals surface area (Å²) in [7, 11) is 0. The molecule has 3 rings (SSSR count). The molecule has 0 aliphatic carbocycles. The Labute approximate surface area is 159 Å². The first-order valence-electron chi connectivity index (χ1n) is 7.81. The van der Waals surface area contributed by atoms with Crippen molar-refractivity contribution in [1.29, 1.82) is 0 Å². The molecule has 1 N–H and O–H groups in total. The fraction of sp³-hybridized carbons (Fsp3) is 0.222. The Morgan fingerprint density at radius 2 is 2.04 bits per heavy atom. The van der Waals surface area contributed by atoms with Crippen LogP contribution < -0.4 is 0 Å². The summed E-state index contributed by atoms with van der Waals surface area (Å²) in [6.45, 7) is 3.35. The zero-order valence-electron chi connectivity index (χ0n) is 14.4. The second-order valence-corrected chi connectivity index (χ2v) is 6.82. The average molecular weight is 390 g/mol. The number of esters is 1. The predicted octanol–water partition coefficient (Wildman–Crippen LogP) is 4.07. The van der Waals surface area contributed by atoms with Crippen molar-refractivity contribution >= 4 is 46.0 Å². The van der Waals surface area contributed by atoms with Crippen LogP contribution >= 0.6 is 23.4 Å². The number of aromatic nitrogens is 3. The molecule has 0 saturated heterocycles. The first kappa shape index (κ1) is 18.4. The second-order valence-electron chi connectivity index (χ2n) is 5.64. The number of H-pyrrole nitrogens is 1. The Kier molecular flexibility index (Phi) is 5.29. The minimum Gasteiger partial charge on any atom is -0.449 e. The number of hydrogen-bond donors (Lipinski definition) is 1. The maximum absolute atomic E-state index is 12.8. The predicted molar refractivity (Wildman–Crippen MR) is 101 cm³/mol. The number of nitrogens with zero attached hydrogens (tertiary/aromatic N) is 2. The third kappa shape index (κ3) is 3.45. The Morgan fingerprint density at radius 3 is 2.77 bits per heavy atom. The number of carbonyl (C=O) groups is 2. The number of fused-ring (bicyclic) bond motifs is 1. The van der Waals surface area contributed by atoms with E-state index in [0.29, 0.717) is 10.7 Å². The molecule has 0 amide bonds. The van der Waals surface area contributed by atoms with Crippen molar-refractivity contribution in [2.75, 3.05) is 6.26 Å². The van der Waals surface area contributed by atoms with Crippen LogP contribution in [0.1, 0.15) is 33.5 Å². The van der Waals surface area contributed by atoms with Crippen molar-refractivity contribution in [2.24, 2.45) is 0 Å². The van der Waals surface area contributed by atoms with Gasteiger partial charge in [-0.05, 0) is 26.2 Å². The Morgan fingerprint density at radius 1 is 1.31 bits per heavy atom. The quantitative estimate of drug-likeness (QED) is 0.306. The Balaban J connectivity index is 1.85. The summed E-state index contributed by atoms with van der Waals surface area (Å²) in [6.07, 6.45) is 2.14. The van der Waals surface area contributed by atoms with Crippen LogP contribution in [0.2, 0.25) is 5.02 Å². The lowest BCUT2D eigenvalue weighted by atomic mass is 10.0. The van der Waals surface area contributed by atoms with Gasteiger partial charge in [0.25, 0.3) is 0 Å². The number of benzene rings is 1. The molecule has 0 radical (unpaired) electrons. The van der Waals surface area contributed by atoms with E-state index in [1.54, 1.807) is 6.26 Å². The molecular formula is C18H16ClN3O3S. The molecule has 0 unspecified atom stereocenters. The fourth-order valence-corrected chi connectivity index (χ4v) is 3.17. The van der Waals surface area contributed by atoms with Crippen LogP contribution in [0, 0.1) is 6.92 Å². The SMILES string of the molecule is CSc1ncc(Cl)c(C(=O)O[C@H](C)C(=O)c2c(C)[nH]c3ccccc23)n1. The first-order valence-corrected chi connectivity index (χ1v) is 9.41. The number of nitrogens with one attached hydrogen (secondary N) is 1. The number of ketones is 1. The van der Waals surface area contributed by atoms with E-state index in [9.17, 15) is 9.59 Å². The molecule has 1 aromatic carbocycles. The summed E-state index contributed by atoms with van der Waals surface area (Å²) in [5, 5.41) is 1.27. The largest absolute Gasteiger partial charge is 0.449 e. The number of hydrogen-bond acceptors (Lipinski definition) is 6. The zero-order chi connectivity index (χ0) is 18.8. The number of ether oxygens (including phenoxy) is 1. The van der Waals surface area contributed by atoms with Gasteiger partial charge in [0.1, 0.15) is 0 Å². The van der Waals surface area contributed by atoms with E-state index in [1.807, 2.05) is 31.2 Å². The molecule has 134 valence electrons. The first-order chi connectivity index (χ1) is 12.4. The van der Waals surface area contributed by atoms with Crippen LogP contribution in [0.15, 0.2) is 35.6 Å². The van der Waals surface area contributed by atoms with E-state index in [-0.39, 0.29) is 16.5 Å². The molecule has 3 aromatic rings. The molecule has 0 bridgehead atoms. The molecule has 0 saturated carbocycles. The number of Topliss-reactive ketones (excluding diaryl/α,β-unsaturated/α-hetero) is 1. The molecule has 0 fully saturated rings. The highest BCUT2D eigenvalue weighted by Gasteiger charge is 2.26. The minimum atomic E-state index is -0.982. The molecule has 6 nitrogen and oxygen atoms in total. The number of para-hydroxylation sites is 1. The maximum atomic E-state index is 12.8. The lowest BCUT2D eigenvalue weighted by Crippen LogP contribution is -2.25. The summed E-state index contributed by atoms with van der Waals surface area (Å²) in [5.41, 5.74) is 2.04. The van der Waals surface area contributed by atoms with Crippen molar-refractivity contribution in [3.8, 4) is 0 Å². The van der Waals surface area contributed by atoms with Gasteiger partial charge < -0.3 is 9.72 Å². The number of aromatic amines is 1. The Bertz CT molecular complexity index is 1000. The van der Waals surface area contributed by atoms with Gasteiger partial charge in [0.05, 0.1) is 11.2 Å². The van der Waals surface area contributed by atoms with Crippen LogP contribution in [-0.2, 0) is 4.74 Å². The summed E-state index contributed by atoms with van der Waals surface area (Å²) in [4.78, 5) is 36.5. The fourth-order valence-electron chi connectivity index (χ4n) is 2.66. The van der Waals surface area contributed by atoms with Crippen LogP contribution in [-0.4, -0.2) is 39.1 Å². The number of thioether (sulfide) groups is 1. The summed E-state index contributed by atoms with van der Waals surface area (Å²) in [5.74, 6) is -1.05. The molecule has 2 aromatic heterocycles. The highest BCUT2D eigenvalue weighted by molar-refractivity contribution is 7.98. The minimum absolute atomic E-state index is 0.0543. The number of halogens is 1. The summed E-state index contributed by atoms with van der Waals surface area (Å²) < 4.78 is 5.32. The van der Waals surface area contributed by atoms with Crippen molar-refractivity contribution in [3.05, 3.63) is 52.4 Å². The van der Waals surface area contributed by atoms with Gasteiger partial charge in [0, 0.05) is 22.2 Å². The molecule has 0 aliphatic heterocycles. The van der Waals surface area contributed by atoms with Gasteiger partial charge in [-0.25, -0.2) is 14.8 Å². The lowest BCUT2D eigenvalue weighted by Gasteiger charge is -2.13. The molecule has 26 heavy (non-hydrogen) atoms. The summed E-state index contributed by atoms with van der Waals surface area (Å²) >= 11 is 7.26. The van der Waals surface area contributed by atoms with Crippen molar-refractivity contribution in [1.82, 2.24) is 15.0 Å². The lowest BCUT2D eigenvalue weighted by molar-refractivity contribution is 0.0312. The van der Waals surface area contributed by atoms with E-state index in [0.717, 1.165) is 16.6 Å². The topological polar surface area (TPSA) is 84.9 Å². The van der Waals surface area contributed by atoms with Crippen molar-refractivity contribution in [2.45, 2.75) is 25.1 Å². The van der Waals surface area contributed by atoms with Gasteiger partial charge in [-0.1, -0.05) is 41.6 Å². The maximum Gasteiger partial charge on any atom is 0.359 e. The highest BCUT2D eigenvalue weighted by Crippen LogP contribution is 2.24. The van der Waals surface area contributed by atoms with E-state index >= 15 is 0 Å². The van der Waals surface area contributed by atoms with E-state index < -0.39 is 12.1 Å². The molecule has 1 atom stereocenters. The normalized spacial score (nSPS) is 12.2. The smallest absolute Gasteiger partial charge is 0.359 e. The van der Waals surface area contributed by atoms with E-state index in [4.69, 9.17) is 16.3 Å². The van der Waals surface area contributed by atoms with Gasteiger partial charge in [0.2, 0.25) is 5.78 Å². The Hall–Kier alpha value is -2.38. The van der Waals surface area contributed by atoms with Gasteiger partial charge in [-0.2, -0.15) is 0 Å². The van der Waals surface area contributed by atoms with Crippen LogP contribution in [0.25, 0.3) is 10.9 Å². The number of rotatable bonds is 5. The molecule has 8 heteroatoms. The van der Waals surface area contributed by atoms with Gasteiger partial charge >= 0.3 is 5.97 Å². The van der Waals surface area contributed by atoms with E-state index in [1.165, 1.54) is 24.9 Å². The second kappa shape index (κ2) is 7.47. The van der Waals surface area contributed by atoms with Gasteiger partial charge in [-0.3, -0.25) is 4.79 Å². The van der Waals surface area contributed by atoms with E-state index in [2.05, 4.69) is 15.0 Å². The molecule has 2 heterocycles. The van der Waals surface area contributed by atoms with Crippen molar-refractivity contribution in [3.63, 3.8) is 0 Å². The number of carbonyl (C=O) groups excluding carboxylic acids is 2.